The van der Waals surface area contributed by atoms with E-state index < -0.39 is 12.1 Å². The van der Waals surface area contributed by atoms with Crippen LogP contribution in [0.1, 0.15) is 11.9 Å². The standard InChI is InChI=1S/C6H4ClFO3/c7-4-2-1-3(11-4)5(8)6(9)10/h1-2,5H,(H,9,10). The van der Waals surface area contributed by atoms with Crippen LogP contribution in [0.5, 0.6) is 0 Å². The molecule has 0 fully saturated rings. The number of furan rings is 1. The van der Waals surface area contributed by atoms with E-state index in [1.165, 1.54) is 12.1 Å². The molecule has 0 saturated heterocycles. The Labute approximate surface area is 66.4 Å². The minimum Gasteiger partial charge on any atom is -0.479 e. The van der Waals surface area contributed by atoms with Crippen LogP contribution in [-0.2, 0) is 4.79 Å². The fourth-order valence-corrected chi connectivity index (χ4v) is 0.738. The number of rotatable bonds is 2. The molecule has 0 aliphatic carbocycles. The average Bonchev–Trinajstić information content (AvgIpc) is 2.34. The molecule has 1 aromatic heterocycles. The Morgan fingerprint density at radius 2 is 2.36 bits per heavy atom. The van der Waals surface area contributed by atoms with Gasteiger partial charge >= 0.3 is 5.97 Å². The maximum absolute atomic E-state index is 12.5. The van der Waals surface area contributed by atoms with Gasteiger partial charge in [0.05, 0.1) is 0 Å². The summed E-state index contributed by atoms with van der Waals surface area (Å²) in [4.78, 5) is 10.0. The van der Waals surface area contributed by atoms with Crippen LogP contribution in [0.2, 0.25) is 5.22 Å². The monoisotopic (exact) mass is 178 g/mol. The molecule has 11 heavy (non-hydrogen) atoms. The second-order valence-corrected chi connectivity index (χ2v) is 2.22. The van der Waals surface area contributed by atoms with E-state index in [1.54, 1.807) is 0 Å². The highest BCUT2D eigenvalue weighted by Crippen LogP contribution is 2.22. The summed E-state index contributed by atoms with van der Waals surface area (Å²) in [5, 5.41) is 8.14. The predicted molar refractivity (Wildman–Crippen MR) is 35.2 cm³/mol. The Balaban J connectivity index is 2.84. The number of aliphatic carboxylic acids is 1. The number of alkyl halides is 1. The Bertz CT molecular complexity index is 271. The molecule has 1 rings (SSSR count). The smallest absolute Gasteiger partial charge is 0.346 e. The van der Waals surface area contributed by atoms with Gasteiger partial charge in [-0.25, -0.2) is 9.18 Å². The molecule has 0 aliphatic rings. The molecule has 0 radical (unpaired) electrons. The van der Waals surface area contributed by atoms with Crippen LogP contribution in [0.15, 0.2) is 16.5 Å². The highest BCUT2D eigenvalue weighted by Gasteiger charge is 2.21. The molecule has 5 heteroatoms. The van der Waals surface area contributed by atoms with Crippen molar-refractivity contribution >= 4 is 17.6 Å². The topological polar surface area (TPSA) is 50.4 Å². The van der Waals surface area contributed by atoms with E-state index in [9.17, 15) is 9.18 Å². The zero-order chi connectivity index (χ0) is 8.43. The fourth-order valence-electron chi connectivity index (χ4n) is 0.586. The van der Waals surface area contributed by atoms with Gasteiger partial charge < -0.3 is 9.52 Å². The molecule has 0 aliphatic heterocycles. The van der Waals surface area contributed by atoms with Gasteiger partial charge in [0.1, 0.15) is 0 Å². The largest absolute Gasteiger partial charge is 0.479 e. The summed E-state index contributed by atoms with van der Waals surface area (Å²) in [5.41, 5.74) is 0. The highest BCUT2D eigenvalue weighted by molar-refractivity contribution is 6.28. The molecule has 0 spiro atoms. The minimum absolute atomic E-state index is 0.0242. The van der Waals surface area contributed by atoms with Crippen molar-refractivity contribution in [1.82, 2.24) is 0 Å². The molecule has 0 aromatic carbocycles. The van der Waals surface area contributed by atoms with Crippen molar-refractivity contribution in [3.63, 3.8) is 0 Å². The lowest BCUT2D eigenvalue weighted by atomic mass is 10.3. The molecular weight excluding hydrogens is 175 g/mol. The molecule has 0 bridgehead atoms. The van der Waals surface area contributed by atoms with Crippen LogP contribution < -0.4 is 0 Å². The molecular formula is C6H4ClFO3. The first-order valence-corrected chi connectivity index (χ1v) is 3.11. The summed E-state index contributed by atoms with van der Waals surface area (Å²) in [6, 6.07) is 2.47. The van der Waals surface area contributed by atoms with Crippen molar-refractivity contribution in [3.05, 3.63) is 23.1 Å². The molecule has 1 atom stereocenters. The Kier molecular flexibility index (Phi) is 2.14. The van der Waals surface area contributed by atoms with E-state index in [0.29, 0.717) is 0 Å². The van der Waals surface area contributed by atoms with Gasteiger partial charge in [-0.3, -0.25) is 0 Å². The first kappa shape index (κ1) is 8.07. The van der Waals surface area contributed by atoms with Crippen molar-refractivity contribution < 1.29 is 18.7 Å². The van der Waals surface area contributed by atoms with E-state index in [0.717, 1.165) is 0 Å². The molecule has 1 heterocycles. The second kappa shape index (κ2) is 2.92. The molecule has 1 N–H and O–H groups in total. The number of halogens is 2. The van der Waals surface area contributed by atoms with Crippen molar-refractivity contribution in [2.45, 2.75) is 6.17 Å². The van der Waals surface area contributed by atoms with Gasteiger partial charge in [0.25, 0.3) is 6.17 Å². The third kappa shape index (κ3) is 1.71. The van der Waals surface area contributed by atoms with Crippen LogP contribution in [0.4, 0.5) is 4.39 Å². The maximum Gasteiger partial charge on any atom is 0.346 e. The van der Waals surface area contributed by atoms with Gasteiger partial charge in [-0.15, -0.1) is 0 Å². The zero-order valence-electron chi connectivity index (χ0n) is 5.25. The fraction of sp³-hybridized carbons (Fsp3) is 0.167. The van der Waals surface area contributed by atoms with Gasteiger partial charge in [-0.05, 0) is 23.7 Å². The lowest BCUT2D eigenvalue weighted by Gasteiger charge is -1.95. The molecule has 0 amide bonds. The van der Waals surface area contributed by atoms with Crippen LogP contribution in [-0.4, -0.2) is 11.1 Å². The number of hydrogen-bond donors (Lipinski definition) is 1. The summed E-state index contributed by atoms with van der Waals surface area (Å²) in [5.74, 6) is -1.88. The van der Waals surface area contributed by atoms with Crippen LogP contribution in [0.3, 0.4) is 0 Å². The number of hydrogen-bond acceptors (Lipinski definition) is 2. The SMILES string of the molecule is O=C(O)C(F)c1ccc(Cl)o1. The molecule has 0 saturated carbocycles. The first-order chi connectivity index (χ1) is 5.11. The van der Waals surface area contributed by atoms with E-state index in [2.05, 4.69) is 4.42 Å². The summed E-state index contributed by atoms with van der Waals surface area (Å²) in [6.45, 7) is 0. The van der Waals surface area contributed by atoms with E-state index in [4.69, 9.17) is 16.7 Å². The predicted octanol–water partition coefficient (Wildman–Crippen LogP) is 2.03. The van der Waals surface area contributed by atoms with E-state index >= 15 is 0 Å². The van der Waals surface area contributed by atoms with E-state index in [-0.39, 0.29) is 11.0 Å². The van der Waals surface area contributed by atoms with E-state index in [1.807, 2.05) is 0 Å². The third-order valence-electron chi connectivity index (χ3n) is 1.06. The molecule has 1 unspecified atom stereocenters. The van der Waals surface area contributed by atoms with Gasteiger partial charge in [-0.2, -0.15) is 0 Å². The quantitative estimate of drug-likeness (QED) is 0.754. The Morgan fingerprint density at radius 3 is 2.73 bits per heavy atom. The van der Waals surface area contributed by atoms with Gasteiger partial charge in [0.2, 0.25) is 0 Å². The molecule has 3 nitrogen and oxygen atoms in total. The highest BCUT2D eigenvalue weighted by atomic mass is 35.5. The Morgan fingerprint density at radius 1 is 1.73 bits per heavy atom. The van der Waals surface area contributed by atoms with Crippen molar-refractivity contribution in [2.75, 3.05) is 0 Å². The van der Waals surface area contributed by atoms with Crippen molar-refractivity contribution in [3.8, 4) is 0 Å². The summed E-state index contributed by atoms with van der Waals surface area (Å²) >= 11 is 5.28. The zero-order valence-corrected chi connectivity index (χ0v) is 6.01. The summed E-state index contributed by atoms with van der Waals surface area (Å²) in [6.07, 6.45) is -2.14. The number of carboxylic acids is 1. The third-order valence-corrected chi connectivity index (χ3v) is 1.26. The lowest BCUT2D eigenvalue weighted by Crippen LogP contribution is -2.04. The van der Waals surface area contributed by atoms with Crippen molar-refractivity contribution in [2.24, 2.45) is 0 Å². The summed E-state index contributed by atoms with van der Waals surface area (Å²) < 4.78 is 17.0. The lowest BCUT2D eigenvalue weighted by molar-refractivity contribution is -0.143. The molecule has 1 aromatic rings. The normalized spacial score (nSPS) is 12.9. The van der Waals surface area contributed by atoms with Gasteiger partial charge in [0, 0.05) is 0 Å². The minimum atomic E-state index is -2.14. The molecule has 60 valence electrons. The first-order valence-electron chi connectivity index (χ1n) is 2.73. The van der Waals surface area contributed by atoms with Gasteiger partial charge in [-0.1, -0.05) is 0 Å². The second-order valence-electron chi connectivity index (χ2n) is 1.84. The average molecular weight is 179 g/mol. The number of carboxylic acid groups (broad SMARTS) is 1. The van der Waals surface area contributed by atoms with Crippen LogP contribution >= 0.6 is 11.6 Å². The maximum atomic E-state index is 12.5. The Hall–Kier alpha value is -1.03. The summed E-state index contributed by atoms with van der Waals surface area (Å²) in [7, 11) is 0. The van der Waals surface area contributed by atoms with Crippen LogP contribution in [0, 0.1) is 0 Å². The van der Waals surface area contributed by atoms with Gasteiger partial charge in [0.15, 0.2) is 11.0 Å². The van der Waals surface area contributed by atoms with Crippen molar-refractivity contribution in [1.29, 1.82) is 0 Å². The van der Waals surface area contributed by atoms with Crippen LogP contribution in [0.25, 0.3) is 0 Å². The number of carbonyl (C=O) groups is 1.